The molecule has 1 saturated heterocycles. The van der Waals surface area contributed by atoms with Crippen molar-refractivity contribution >= 4 is 28.2 Å². The lowest BCUT2D eigenvalue weighted by Crippen LogP contribution is -2.27. The van der Waals surface area contributed by atoms with E-state index in [1.54, 1.807) is 0 Å². The van der Waals surface area contributed by atoms with Crippen LogP contribution in [0, 0.1) is 5.92 Å². The van der Waals surface area contributed by atoms with Gasteiger partial charge in [-0.3, -0.25) is 4.79 Å². The molecule has 5 nitrogen and oxygen atoms in total. The van der Waals surface area contributed by atoms with Crippen LogP contribution in [0.2, 0.25) is 0 Å². The molecule has 1 aliphatic heterocycles. The van der Waals surface area contributed by atoms with Crippen molar-refractivity contribution in [2.45, 2.75) is 26.7 Å². The second-order valence-electron chi connectivity index (χ2n) is 5.01. The Morgan fingerprint density at radius 3 is 2.78 bits per heavy atom. The van der Waals surface area contributed by atoms with Crippen molar-refractivity contribution in [2.24, 2.45) is 5.92 Å². The number of rotatable bonds is 4. The van der Waals surface area contributed by atoms with Crippen LogP contribution >= 0.6 is 11.3 Å². The number of nitrogens with zero attached hydrogens (tertiary/aromatic N) is 2. The molecule has 18 heavy (non-hydrogen) atoms. The molecule has 0 radical (unpaired) electrons. The van der Waals surface area contributed by atoms with E-state index in [0.717, 1.165) is 37.6 Å². The van der Waals surface area contributed by atoms with Crippen molar-refractivity contribution < 1.29 is 4.79 Å². The van der Waals surface area contributed by atoms with Gasteiger partial charge in [-0.15, -0.1) is 0 Å². The molecule has 3 N–H and O–H groups in total. The Bertz CT molecular complexity index is 424. The van der Waals surface area contributed by atoms with Gasteiger partial charge in [0.2, 0.25) is 0 Å². The van der Waals surface area contributed by atoms with Gasteiger partial charge >= 0.3 is 0 Å². The molecule has 0 aliphatic carbocycles. The fraction of sp³-hybridized carbons (Fsp3) is 0.667. The quantitative estimate of drug-likeness (QED) is 0.876. The Hall–Kier alpha value is -1.30. The first kappa shape index (κ1) is 13.1. The van der Waals surface area contributed by atoms with Crippen molar-refractivity contribution in [2.75, 3.05) is 30.7 Å². The van der Waals surface area contributed by atoms with Crippen LogP contribution in [0.1, 0.15) is 36.4 Å². The largest absolute Gasteiger partial charge is 0.382 e. The van der Waals surface area contributed by atoms with Crippen LogP contribution in [-0.4, -0.2) is 35.4 Å². The highest BCUT2D eigenvalue weighted by Gasteiger charge is 2.24. The van der Waals surface area contributed by atoms with E-state index in [1.165, 1.54) is 11.3 Å². The number of aromatic nitrogens is 1. The zero-order valence-electron chi connectivity index (χ0n) is 10.9. The SMILES string of the molecule is CC(C)CNc1nc(N)c(C(=O)N2CCCC2)s1. The van der Waals surface area contributed by atoms with E-state index in [2.05, 4.69) is 24.1 Å². The summed E-state index contributed by atoms with van der Waals surface area (Å²) < 4.78 is 0. The first-order chi connectivity index (χ1) is 8.58. The van der Waals surface area contributed by atoms with Crippen LogP contribution in [-0.2, 0) is 0 Å². The van der Waals surface area contributed by atoms with Gasteiger partial charge in [0, 0.05) is 19.6 Å². The van der Waals surface area contributed by atoms with Gasteiger partial charge in [0.15, 0.2) is 5.13 Å². The summed E-state index contributed by atoms with van der Waals surface area (Å²) >= 11 is 1.36. The molecule has 2 rings (SSSR count). The van der Waals surface area contributed by atoms with Crippen LogP contribution < -0.4 is 11.1 Å². The summed E-state index contributed by atoms with van der Waals surface area (Å²) in [5.41, 5.74) is 5.83. The van der Waals surface area contributed by atoms with E-state index in [9.17, 15) is 4.79 Å². The zero-order valence-corrected chi connectivity index (χ0v) is 11.7. The molecule has 2 heterocycles. The summed E-state index contributed by atoms with van der Waals surface area (Å²) in [7, 11) is 0. The second-order valence-corrected chi connectivity index (χ2v) is 6.01. The molecular formula is C12H20N4OS. The summed E-state index contributed by atoms with van der Waals surface area (Å²) in [6, 6.07) is 0. The van der Waals surface area contributed by atoms with E-state index in [1.807, 2.05) is 4.90 Å². The van der Waals surface area contributed by atoms with Crippen LogP contribution in [0.5, 0.6) is 0 Å². The average molecular weight is 268 g/mol. The molecule has 0 unspecified atom stereocenters. The molecule has 1 aliphatic rings. The minimum absolute atomic E-state index is 0.0279. The number of likely N-dealkylation sites (tertiary alicyclic amines) is 1. The van der Waals surface area contributed by atoms with Crippen LogP contribution in [0.3, 0.4) is 0 Å². The third-order valence-electron chi connectivity index (χ3n) is 2.90. The molecule has 1 amide bonds. The number of carbonyl (C=O) groups is 1. The Morgan fingerprint density at radius 2 is 2.17 bits per heavy atom. The van der Waals surface area contributed by atoms with Crippen molar-refractivity contribution in [3.63, 3.8) is 0 Å². The molecule has 1 aromatic rings. The van der Waals surface area contributed by atoms with E-state index in [0.29, 0.717) is 16.6 Å². The molecule has 100 valence electrons. The first-order valence-electron chi connectivity index (χ1n) is 6.37. The van der Waals surface area contributed by atoms with E-state index in [-0.39, 0.29) is 5.91 Å². The second kappa shape index (κ2) is 5.56. The van der Waals surface area contributed by atoms with Gasteiger partial charge in [-0.25, -0.2) is 4.98 Å². The number of nitrogens with one attached hydrogen (secondary N) is 1. The molecule has 0 atom stereocenters. The fourth-order valence-electron chi connectivity index (χ4n) is 1.92. The maximum absolute atomic E-state index is 12.2. The standard InChI is InChI=1S/C12H20N4OS/c1-8(2)7-14-12-15-10(13)9(18-12)11(17)16-5-3-4-6-16/h8H,3-7,13H2,1-2H3,(H,14,15). The third kappa shape index (κ3) is 2.93. The molecular weight excluding hydrogens is 248 g/mol. The van der Waals surface area contributed by atoms with E-state index >= 15 is 0 Å². The monoisotopic (exact) mass is 268 g/mol. The number of amides is 1. The van der Waals surface area contributed by atoms with Crippen LogP contribution in [0.4, 0.5) is 10.9 Å². The lowest BCUT2D eigenvalue weighted by Gasteiger charge is -2.13. The van der Waals surface area contributed by atoms with Crippen molar-refractivity contribution in [1.82, 2.24) is 9.88 Å². The van der Waals surface area contributed by atoms with Crippen LogP contribution in [0.25, 0.3) is 0 Å². The van der Waals surface area contributed by atoms with E-state index in [4.69, 9.17) is 5.73 Å². The van der Waals surface area contributed by atoms with Gasteiger partial charge in [0.1, 0.15) is 10.7 Å². The molecule has 0 aromatic carbocycles. The summed E-state index contributed by atoms with van der Waals surface area (Å²) in [5.74, 6) is 0.913. The third-order valence-corrected chi connectivity index (χ3v) is 3.92. The van der Waals surface area contributed by atoms with Crippen molar-refractivity contribution in [3.8, 4) is 0 Å². The maximum atomic E-state index is 12.2. The van der Waals surface area contributed by atoms with Crippen molar-refractivity contribution in [3.05, 3.63) is 4.88 Å². The number of nitrogens with two attached hydrogens (primary N) is 1. The number of anilines is 2. The Morgan fingerprint density at radius 1 is 1.50 bits per heavy atom. The lowest BCUT2D eigenvalue weighted by molar-refractivity contribution is 0.0798. The maximum Gasteiger partial charge on any atom is 0.267 e. The fourth-order valence-corrected chi connectivity index (χ4v) is 2.78. The Labute approximate surface area is 111 Å². The zero-order chi connectivity index (χ0) is 13.1. The minimum Gasteiger partial charge on any atom is -0.382 e. The summed E-state index contributed by atoms with van der Waals surface area (Å²) in [5, 5.41) is 3.95. The number of hydrogen-bond acceptors (Lipinski definition) is 5. The van der Waals surface area contributed by atoms with Gasteiger partial charge in [-0.2, -0.15) is 0 Å². The Balaban J connectivity index is 2.06. The summed E-state index contributed by atoms with van der Waals surface area (Å²) in [6.07, 6.45) is 2.17. The predicted molar refractivity (Wildman–Crippen MR) is 75.0 cm³/mol. The molecule has 0 bridgehead atoms. The number of nitrogen functional groups attached to an aromatic ring is 1. The minimum atomic E-state index is 0.0279. The van der Waals surface area contributed by atoms with Gasteiger partial charge < -0.3 is 16.0 Å². The molecule has 0 saturated carbocycles. The summed E-state index contributed by atoms with van der Waals surface area (Å²) in [6.45, 7) is 6.76. The van der Waals surface area contributed by atoms with E-state index < -0.39 is 0 Å². The normalized spacial score (nSPS) is 15.4. The molecule has 1 fully saturated rings. The molecule has 0 spiro atoms. The topological polar surface area (TPSA) is 71.2 Å². The predicted octanol–water partition coefficient (Wildman–Crippen LogP) is 2.03. The molecule has 6 heteroatoms. The lowest BCUT2D eigenvalue weighted by atomic mass is 10.2. The first-order valence-corrected chi connectivity index (χ1v) is 7.19. The highest BCUT2D eigenvalue weighted by atomic mass is 32.1. The van der Waals surface area contributed by atoms with Crippen molar-refractivity contribution in [1.29, 1.82) is 0 Å². The smallest absolute Gasteiger partial charge is 0.267 e. The van der Waals surface area contributed by atoms with Gasteiger partial charge in [-0.05, 0) is 18.8 Å². The highest BCUT2D eigenvalue weighted by molar-refractivity contribution is 7.18. The number of hydrogen-bond donors (Lipinski definition) is 2. The number of thiazole rings is 1. The van der Waals surface area contributed by atoms with Crippen LogP contribution in [0.15, 0.2) is 0 Å². The van der Waals surface area contributed by atoms with Gasteiger partial charge in [0.05, 0.1) is 0 Å². The van der Waals surface area contributed by atoms with Gasteiger partial charge in [-0.1, -0.05) is 25.2 Å². The highest BCUT2D eigenvalue weighted by Crippen LogP contribution is 2.27. The Kier molecular flexibility index (Phi) is 4.06. The summed E-state index contributed by atoms with van der Waals surface area (Å²) in [4.78, 5) is 18.9. The average Bonchev–Trinajstić information content (AvgIpc) is 2.94. The number of carbonyl (C=O) groups excluding carboxylic acids is 1. The van der Waals surface area contributed by atoms with Gasteiger partial charge in [0.25, 0.3) is 5.91 Å². The molecule has 1 aromatic heterocycles.